The number of nitrogens with zero attached hydrogens (tertiary/aromatic N) is 1. The smallest absolute Gasteiger partial charge is 0.230 e. The van der Waals surface area contributed by atoms with E-state index in [2.05, 4.69) is 5.92 Å². The SMILES string of the molecule is C#CC(C)N1C(=O)CC2(CCCC2)CC1=O. The molecule has 1 saturated carbocycles. The molecular weight excluding hydrogens is 202 g/mol. The van der Waals surface area contributed by atoms with Gasteiger partial charge in [-0.05, 0) is 25.2 Å². The Morgan fingerprint density at radius 1 is 1.25 bits per heavy atom. The summed E-state index contributed by atoms with van der Waals surface area (Å²) >= 11 is 0. The molecule has 0 aromatic rings. The number of rotatable bonds is 1. The Balaban J connectivity index is 2.17. The molecule has 1 spiro atoms. The van der Waals surface area contributed by atoms with Crippen molar-refractivity contribution in [1.29, 1.82) is 0 Å². The third kappa shape index (κ3) is 1.73. The fraction of sp³-hybridized carbons (Fsp3) is 0.692. The molecule has 0 radical (unpaired) electrons. The zero-order valence-corrected chi connectivity index (χ0v) is 9.66. The summed E-state index contributed by atoms with van der Waals surface area (Å²) in [7, 11) is 0. The molecule has 0 aromatic carbocycles. The van der Waals surface area contributed by atoms with Crippen molar-refractivity contribution in [3.05, 3.63) is 0 Å². The van der Waals surface area contributed by atoms with E-state index in [-0.39, 0.29) is 17.2 Å². The monoisotopic (exact) mass is 219 g/mol. The second kappa shape index (κ2) is 3.93. The molecule has 0 N–H and O–H groups in total. The van der Waals surface area contributed by atoms with Crippen LogP contribution >= 0.6 is 0 Å². The van der Waals surface area contributed by atoms with Gasteiger partial charge in [-0.15, -0.1) is 6.42 Å². The lowest BCUT2D eigenvalue weighted by Gasteiger charge is -2.38. The second-order valence-electron chi connectivity index (χ2n) is 5.06. The van der Waals surface area contributed by atoms with Crippen LogP contribution in [0.2, 0.25) is 0 Å². The highest BCUT2D eigenvalue weighted by Gasteiger charge is 2.45. The van der Waals surface area contributed by atoms with Gasteiger partial charge < -0.3 is 0 Å². The lowest BCUT2D eigenvalue weighted by atomic mass is 9.76. The molecule has 0 bridgehead atoms. The van der Waals surface area contributed by atoms with Crippen LogP contribution in [0.5, 0.6) is 0 Å². The highest BCUT2D eigenvalue weighted by atomic mass is 16.2. The van der Waals surface area contributed by atoms with E-state index >= 15 is 0 Å². The van der Waals surface area contributed by atoms with Crippen LogP contribution in [-0.2, 0) is 9.59 Å². The van der Waals surface area contributed by atoms with Crippen molar-refractivity contribution >= 4 is 11.8 Å². The van der Waals surface area contributed by atoms with Gasteiger partial charge in [-0.3, -0.25) is 14.5 Å². The molecule has 3 nitrogen and oxygen atoms in total. The van der Waals surface area contributed by atoms with Crippen LogP contribution in [0.15, 0.2) is 0 Å². The van der Waals surface area contributed by atoms with E-state index in [9.17, 15) is 9.59 Å². The summed E-state index contributed by atoms with van der Waals surface area (Å²) in [6.45, 7) is 1.72. The molecule has 1 atom stereocenters. The van der Waals surface area contributed by atoms with Crippen LogP contribution in [0.25, 0.3) is 0 Å². The third-order valence-electron chi connectivity index (χ3n) is 3.88. The molecule has 0 aromatic heterocycles. The van der Waals surface area contributed by atoms with Crippen LogP contribution in [-0.4, -0.2) is 22.8 Å². The average Bonchev–Trinajstić information content (AvgIpc) is 2.64. The topological polar surface area (TPSA) is 37.4 Å². The van der Waals surface area contributed by atoms with Gasteiger partial charge in [0, 0.05) is 12.8 Å². The van der Waals surface area contributed by atoms with Crippen molar-refractivity contribution in [2.24, 2.45) is 5.41 Å². The molecular formula is C13H17NO2. The third-order valence-corrected chi connectivity index (χ3v) is 3.88. The minimum atomic E-state index is -0.404. The van der Waals surface area contributed by atoms with Gasteiger partial charge in [0.15, 0.2) is 0 Å². The molecule has 2 fully saturated rings. The van der Waals surface area contributed by atoms with Crippen LogP contribution in [0.4, 0.5) is 0 Å². The summed E-state index contributed by atoms with van der Waals surface area (Å²) in [6, 6.07) is -0.404. The van der Waals surface area contributed by atoms with E-state index in [1.54, 1.807) is 6.92 Å². The normalized spacial score (nSPS) is 25.9. The molecule has 1 heterocycles. The number of imide groups is 1. The van der Waals surface area contributed by atoms with Crippen LogP contribution in [0, 0.1) is 17.8 Å². The molecule has 16 heavy (non-hydrogen) atoms. The second-order valence-corrected chi connectivity index (χ2v) is 5.06. The maximum atomic E-state index is 12.0. The molecule has 1 aliphatic heterocycles. The fourth-order valence-electron chi connectivity index (χ4n) is 3.00. The summed E-state index contributed by atoms with van der Waals surface area (Å²) in [4.78, 5) is 25.2. The molecule has 2 rings (SSSR count). The van der Waals surface area contributed by atoms with Gasteiger partial charge >= 0.3 is 0 Å². The molecule has 1 aliphatic carbocycles. The van der Waals surface area contributed by atoms with Gasteiger partial charge in [0.1, 0.15) is 0 Å². The van der Waals surface area contributed by atoms with Gasteiger partial charge in [-0.25, -0.2) is 0 Å². The van der Waals surface area contributed by atoms with Crippen LogP contribution in [0.1, 0.15) is 45.4 Å². The van der Waals surface area contributed by atoms with Gasteiger partial charge in [-0.1, -0.05) is 18.8 Å². The first-order valence-corrected chi connectivity index (χ1v) is 5.89. The standard InChI is InChI=1S/C13H17NO2/c1-3-10(2)14-11(15)8-13(9-12(14)16)6-4-5-7-13/h1,10H,4-9H2,2H3. The van der Waals surface area contributed by atoms with Crippen LogP contribution < -0.4 is 0 Å². The summed E-state index contributed by atoms with van der Waals surface area (Å²) in [5.74, 6) is 2.30. The largest absolute Gasteiger partial charge is 0.274 e. The number of carbonyl (C=O) groups is 2. The molecule has 86 valence electrons. The Hall–Kier alpha value is -1.30. The maximum Gasteiger partial charge on any atom is 0.230 e. The zero-order valence-electron chi connectivity index (χ0n) is 9.66. The number of amides is 2. The number of hydrogen-bond donors (Lipinski definition) is 0. The minimum Gasteiger partial charge on any atom is -0.274 e. The van der Waals surface area contributed by atoms with E-state index in [1.165, 1.54) is 4.90 Å². The quantitative estimate of drug-likeness (QED) is 0.497. The minimum absolute atomic E-state index is 0.0288. The molecule has 2 amide bonds. The van der Waals surface area contributed by atoms with Gasteiger partial charge in [0.05, 0.1) is 6.04 Å². The van der Waals surface area contributed by atoms with Crippen molar-refractivity contribution < 1.29 is 9.59 Å². The van der Waals surface area contributed by atoms with E-state index in [0.29, 0.717) is 12.8 Å². The first-order chi connectivity index (χ1) is 7.58. The maximum absolute atomic E-state index is 12.0. The lowest BCUT2D eigenvalue weighted by molar-refractivity contribution is -0.154. The Bertz CT molecular complexity index is 341. The molecule has 1 unspecified atom stereocenters. The van der Waals surface area contributed by atoms with Crippen LogP contribution in [0.3, 0.4) is 0 Å². The highest BCUT2D eigenvalue weighted by molar-refractivity contribution is 5.99. The number of carbonyl (C=O) groups excluding carboxylic acids is 2. The Kier molecular flexibility index (Phi) is 2.75. The predicted molar refractivity (Wildman–Crippen MR) is 60.3 cm³/mol. The summed E-state index contributed by atoms with van der Waals surface area (Å²) in [6.07, 6.45) is 10.6. The number of likely N-dealkylation sites (tertiary alicyclic amines) is 1. The number of hydrogen-bond acceptors (Lipinski definition) is 2. The summed E-state index contributed by atoms with van der Waals surface area (Å²) in [5, 5.41) is 0. The Morgan fingerprint density at radius 2 is 1.75 bits per heavy atom. The molecule has 3 heteroatoms. The van der Waals surface area contributed by atoms with Crippen molar-refractivity contribution in [1.82, 2.24) is 4.90 Å². The zero-order chi connectivity index (χ0) is 11.8. The lowest BCUT2D eigenvalue weighted by Crippen LogP contribution is -2.50. The number of piperidine rings is 1. The average molecular weight is 219 g/mol. The van der Waals surface area contributed by atoms with Crippen molar-refractivity contribution in [2.75, 3.05) is 0 Å². The predicted octanol–water partition coefficient (Wildman–Crippen LogP) is 1.72. The summed E-state index contributed by atoms with van der Waals surface area (Å²) in [5.41, 5.74) is -0.0288. The van der Waals surface area contributed by atoms with Crippen molar-refractivity contribution in [3.63, 3.8) is 0 Å². The van der Waals surface area contributed by atoms with E-state index in [4.69, 9.17) is 6.42 Å². The molecule has 2 aliphatic rings. The first-order valence-electron chi connectivity index (χ1n) is 5.89. The summed E-state index contributed by atoms with van der Waals surface area (Å²) < 4.78 is 0. The van der Waals surface area contributed by atoms with Gasteiger partial charge in [0.2, 0.25) is 11.8 Å². The van der Waals surface area contributed by atoms with Gasteiger partial charge in [-0.2, -0.15) is 0 Å². The van der Waals surface area contributed by atoms with E-state index in [1.807, 2.05) is 0 Å². The fourth-order valence-corrected chi connectivity index (χ4v) is 3.00. The first kappa shape index (κ1) is 11.2. The highest BCUT2D eigenvalue weighted by Crippen LogP contribution is 2.47. The Labute approximate surface area is 96.2 Å². The van der Waals surface area contributed by atoms with Crippen molar-refractivity contribution in [2.45, 2.75) is 51.5 Å². The molecule has 1 saturated heterocycles. The Morgan fingerprint density at radius 3 is 2.19 bits per heavy atom. The number of terminal acetylenes is 1. The van der Waals surface area contributed by atoms with Crippen molar-refractivity contribution in [3.8, 4) is 12.3 Å². The van der Waals surface area contributed by atoms with E-state index < -0.39 is 6.04 Å². The van der Waals surface area contributed by atoms with E-state index in [0.717, 1.165) is 25.7 Å². The van der Waals surface area contributed by atoms with Gasteiger partial charge in [0.25, 0.3) is 0 Å².